The van der Waals surface area contributed by atoms with Gasteiger partial charge in [0, 0.05) is 15.7 Å². The molecule has 0 saturated carbocycles. The lowest BCUT2D eigenvalue weighted by atomic mass is 10.3. The molecular weight excluding hydrogens is 523 g/mol. The van der Waals surface area contributed by atoms with E-state index in [-0.39, 0.29) is 22.5 Å². The molecule has 0 aliphatic heterocycles. The van der Waals surface area contributed by atoms with Gasteiger partial charge in [-0.2, -0.15) is 0 Å². The molecule has 1 amide bonds. The third-order valence-corrected chi connectivity index (χ3v) is 4.92. The fourth-order valence-corrected chi connectivity index (χ4v) is 3.12. The zero-order valence-corrected chi connectivity index (χ0v) is 19.7. The number of amides is 1. The summed E-state index contributed by atoms with van der Waals surface area (Å²) in [5.41, 5.74) is 0.655. The number of hydrogen-bond donors (Lipinski definition) is 3. The van der Waals surface area contributed by atoms with Crippen LogP contribution in [0, 0.1) is 0 Å². The Morgan fingerprint density at radius 2 is 1.62 bits per heavy atom. The van der Waals surface area contributed by atoms with Gasteiger partial charge in [-0.15, -0.1) is 0 Å². The number of carbonyl (C=O) groups is 1. The lowest BCUT2D eigenvalue weighted by Gasteiger charge is -2.27. The van der Waals surface area contributed by atoms with Gasteiger partial charge in [0.2, 0.25) is 3.79 Å². The first kappa shape index (κ1) is 24.4. The lowest BCUT2D eigenvalue weighted by Crippen LogP contribution is -2.56. The minimum atomic E-state index is -1.90. The minimum absolute atomic E-state index is 0.116. The van der Waals surface area contributed by atoms with E-state index >= 15 is 0 Å². The first-order valence-electron chi connectivity index (χ1n) is 7.81. The van der Waals surface area contributed by atoms with E-state index in [2.05, 4.69) is 16.0 Å². The number of ether oxygens (including phenoxy) is 1. The number of anilines is 1. The van der Waals surface area contributed by atoms with Gasteiger partial charge in [0.15, 0.2) is 11.7 Å². The molecule has 2 aromatic carbocycles. The van der Waals surface area contributed by atoms with Crippen LogP contribution in [-0.4, -0.2) is 27.6 Å². The van der Waals surface area contributed by atoms with E-state index in [1.54, 1.807) is 30.3 Å². The van der Waals surface area contributed by atoms with Crippen LogP contribution in [-0.2, 0) is 4.79 Å². The molecular formula is C17H13Cl6N3O2S. The third kappa shape index (κ3) is 8.42. The molecule has 0 radical (unpaired) electrons. The number of nitrogens with one attached hydrogen (secondary N) is 3. The summed E-state index contributed by atoms with van der Waals surface area (Å²) >= 11 is 40.7. The maximum absolute atomic E-state index is 12.2. The Hall–Kier alpha value is -0.860. The van der Waals surface area contributed by atoms with Crippen LogP contribution in [0.5, 0.6) is 5.75 Å². The van der Waals surface area contributed by atoms with Crippen LogP contribution in [0.4, 0.5) is 5.69 Å². The lowest BCUT2D eigenvalue weighted by molar-refractivity contribution is -0.123. The summed E-state index contributed by atoms with van der Waals surface area (Å²) < 4.78 is 3.45. The Morgan fingerprint density at radius 1 is 1.00 bits per heavy atom. The molecule has 0 spiro atoms. The second kappa shape index (κ2) is 11.0. The van der Waals surface area contributed by atoms with Gasteiger partial charge in [-0.05, 0) is 54.7 Å². The number of rotatable bonds is 6. The van der Waals surface area contributed by atoms with Crippen LogP contribution < -0.4 is 20.7 Å². The molecule has 5 nitrogen and oxygen atoms in total. The van der Waals surface area contributed by atoms with Crippen molar-refractivity contribution in [2.45, 2.75) is 9.96 Å². The van der Waals surface area contributed by atoms with Gasteiger partial charge < -0.3 is 20.7 Å². The number of hydrogen-bond acceptors (Lipinski definition) is 3. The Kier molecular flexibility index (Phi) is 9.22. The smallest absolute Gasteiger partial charge is 0.259 e. The van der Waals surface area contributed by atoms with Crippen molar-refractivity contribution in [3.05, 3.63) is 57.5 Å². The molecule has 0 aliphatic carbocycles. The third-order valence-electron chi connectivity index (χ3n) is 3.26. The van der Waals surface area contributed by atoms with Gasteiger partial charge in [0.1, 0.15) is 11.9 Å². The number of carbonyl (C=O) groups excluding carboxylic acids is 1. The molecule has 0 aliphatic rings. The highest BCUT2D eigenvalue weighted by Gasteiger charge is 2.34. The van der Waals surface area contributed by atoms with Gasteiger partial charge in [-0.1, -0.05) is 69.6 Å². The van der Waals surface area contributed by atoms with E-state index in [1.807, 2.05) is 0 Å². The molecule has 2 rings (SSSR count). The normalized spacial score (nSPS) is 12.1. The quantitative estimate of drug-likeness (QED) is 0.247. The van der Waals surface area contributed by atoms with Gasteiger partial charge in [0.25, 0.3) is 5.91 Å². The van der Waals surface area contributed by atoms with Crippen LogP contribution in [0.15, 0.2) is 42.5 Å². The molecule has 29 heavy (non-hydrogen) atoms. The minimum Gasteiger partial charge on any atom is -0.482 e. The van der Waals surface area contributed by atoms with Crippen molar-refractivity contribution in [3.63, 3.8) is 0 Å². The van der Waals surface area contributed by atoms with Crippen LogP contribution in [0.1, 0.15) is 0 Å². The van der Waals surface area contributed by atoms with Crippen molar-refractivity contribution in [2.75, 3.05) is 11.9 Å². The maximum atomic E-state index is 12.2. The second-order valence-corrected chi connectivity index (χ2v) is 9.57. The first-order chi connectivity index (χ1) is 13.5. The number of benzene rings is 2. The fraction of sp³-hybridized carbons (Fsp3) is 0.176. The van der Waals surface area contributed by atoms with E-state index in [9.17, 15) is 4.79 Å². The SMILES string of the molecule is O=C(COc1ccc(Cl)cc1Cl)NC(NC(=S)Nc1ccc(Cl)cc1)C(Cl)(Cl)Cl. The molecule has 0 fully saturated rings. The van der Waals surface area contributed by atoms with Crippen molar-refractivity contribution >= 4 is 98.5 Å². The van der Waals surface area contributed by atoms with Crippen LogP contribution in [0.25, 0.3) is 0 Å². The van der Waals surface area contributed by atoms with Gasteiger partial charge in [0.05, 0.1) is 5.02 Å². The standard InChI is InChI=1S/C17H13Cl6N3O2S/c18-9-1-4-11(5-2-9)24-16(29)26-15(17(21,22)23)25-14(27)8-28-13-6-3-10(19)7-12(13)20/h1-7,15H,8H2,(H,25,27)(H2,24,26,29). The molecule has 0 heterocycles. The molecule has 1 unspecified atom stereocenters. The van der Waals surface area contributed by atoms with Crippen molar-refractivity contribution in [2.24, 2.45) is 0 Å². The average Bonchev–Trinajstić information content (AvgIpc) is 2.61. The highest BCUT2D eigenvalue weighted by molar-refractivity contribution is 7.80. The van der Waals surface area contributed by atoms with Crippen molar-refractivity contribution in [1.82, 2.24) is 10.6 Å². The van der Waals surface area contributed by atoms with E-state index < -0.39 is 15.9 Å². The molecule has 1 atom stereocenters. The molecule has 3 N–H and O–H groups in total. The highest BCUT2D eigenvalue weighted by Crippen LogP contribution is 2.30. The van der Waals surface area contributed by atoms with Crippen molar-refractivity contribution < 1.29 is 9.53 Å². The zero-order chi connectivity index (χ0) is 21.6. The van der Waals surface area contributed by atoms with E-state index in [0.717, 1.165) is 0 Å². The molecule has 0 saturated heterocycles. The Labute approximate surface area is 202 Å². The fourth-order valence-electron chi connectivity index (χ4n) is 1.97. The van der Waals surface area contributed by atoms with Crippen molar-refractivity contribution in [3.8, 4) is 5.75 Å². The van der Waals surface area contributed by atoms with Crippen LogP contribution in [0.2, 0.25) is 15.1 Å². The average molecular weight is 536 g/mol. The summed E-state index contributed by atoms with van der Waals surface area (Å²) in [5, 5.41) is 9.50. The Bertz CT molecular complexity index is 876. The number of alkyl halides is 3. The summed E-state index contributed by atoms with van der Waals surface area (Å²) in [5.74, 6) is -0.293. The molecule has 12 heteroatoms. The van der Waals surface area contributed by atoms with E-state index in [1.165, 1.54) is 12.1 Å². The van der Waals surface area contributed by atoms with E-state index in [0.29, 0.717) is 15.7 Å². The summed E-state index contributed by atoms with van der Waals surface area (Å²) in [7, 11) is 0. The predicted molar refractivity (Wildman–Crippen MR) is 125 cm³/mol. The highest BCUT2D eigenvalue weighted by atomic mass is 35.6. The summed E-state index contributed by atoms with van der Waals surface area (Å²) in [6, 6.07) is 11.4. The second-order valence-electron chi connectivity index (χ2n) is 5.51. The van der Waals surface area contributed by atoms with Gasteiger partial charge in [-0.3, -0.25) is 4.79 Å². The monoisotopic (exact) mass is 533 g/mol. The first-order valence-corrected chi connectivity index (χ1v) is 10.5. The van der Waals surface area contributed by atoms with Gasteiger partial charge >= 0.3 is 0 Å². The zero-order valence-electron chi connectivity index (χ0n) is 14.3. The van der Waals surface area contributed by atoms with Crippen LogP contribution in [0.3, 0.4) is 0 Å². The van der Waals surface area contributed by atoms with Gasteiger partial charge in [-0.25, -0.2) is 0 Å². The molecule has 0 bridgehead atoms. The molecule has 156 valence electrons. The van der Waals surface area contributed by atoms with E-state index in [4.69, 9.17) is 86.6 Å². The van der Waals surface area contributed by atoms with Crippen molar-refractivity contribution in [1.29, 1.82) is 0 Å². The largest absolute Gasteiger partial charge is 0.482 e. The Balaban J connectivity index is 1.94. The molecule has 0 aromatic heterocycles. The topological polar surface area (TPSA) is 62.4 Å². The summed E-state index contributed by atoms with van der Waals surface area (Å²) in [4.78, 5) is 12.2. The number of halogens is 6. The molecule has 2 aromatic rings. The predicted octanol–water partition coefficient (Wildman–Crippen LogP) is 5.82. The Morgan fingerprint density at radius 3 is 2.21 bits per heavy atom. The summed E-state index contributed by atoms with van der Waals surface area (Å²) in [6.07, 6.45) is -1.14. The number of thiocarbonyl (C=S) groups is 1. The van der Waals surface area contributed by atoms with Crippen LogP contribution >= 0.6 is 81.8 Å². The summed E-state index contributed by atoms with van der Waals surface area (Å²) in [6.45, 7) is -0.377. The maximum Gasteiger partial charge on any atom is 0.259 e.